The van der Waals surface area contributed by atoms with E-state index in [0.29, 0.717) is 25.8 Å². The maximum atomic E-state index is 11.9. The molecule has 0 fully saturated rings. The second-order valence-electron chi connectivity index (χ2n) is 5.10. The third-order valence-electron chi connectivity index (χ3n) is 3.27. The first-order valence-corrected chi connectivity index (χ1v) is 7.15. The maximum Gasteiger partial charge on any atom is 0.303 e. The van der Waals surface area contributed by atoms with Crippen LogP contribution in [0.15, 0.2) is 24.3 Å². The maximum absolute atomic E-state index is 11.9. The van der Waals surface area contributed by atoms with Crippen LogP contribution in [0.5, 0.6) is 5.75 Å². The summed E-state index contributed by atoms with van der Waals surface area (Å²) in [4.78, 5) is 22.3. The van der Waals surface area contributed by atoms with Crippen molar-refractivity contribution in [2.75, 3.05) is 13.7 Å². The van der Waals surface area contributed by atoms with Crippen LogP contribution >= 0.6 is 0 Å². The van der Waals surface area contributed by atoms with E-state index in [1.165, 1.54) is 0 Å². The summed E-state index contributed by atoms with van der Waals surface area (Å²) in [7, 11) is 1.62. The second-order valence-corrected chi connectivity index (χ2v) is 5.10. The summed E-state index contributed by atoms with van der Waals surface area (Å²) in [6.07, 6.45) is 2.10. The molecule has 1 aromatic carbocycles. The Morgan fingerprint density at radius 1 is 1.24 bits per heavy atom. The Morgan fingerprint density at radius 3 is 2.48 bits per heavy atom. The van der Waals surface area contributed by atoms with E-state index in [1.54, 1.807) is 7.11 Å². The molecule has 1 rings (SSSR count). The van der Waals surface area contributed by atoms with Crippen LogP contribution in [0, 0.1) is 5.92 Å². The molecule has 1 unspecified atom stereocenters. The van der Waals surface area contributed by atoms with Crippen molar-refractivity contribution in [2.45, 2.75) is 32.6 Å². The first-order valence-electron chi connectivity index (χ1n) is 7.15. The van der Waals surface area contributed by atoms with Gasteiger partial charge in [-0.15, -0.1) is 0 Å². The van der Waals surface area contributed by atoms with Gasteiger partial charge in [0, 0.05) is 18.9 Å². The zero-order valence-electron chi connectivity index (χ0n) is 12.6. The van der Waals surface area contributed by atoms with E-state index in [1.807, 2.05) is 31.2 Å². The molecular weight excluding hydrogens is 270 g/mol. The summed E-state index contributed by atoms with van der Waals surface area (Å²) in [5.41, 5.74) is 1.09. The Bertz CT molecular complexity index is 456. The van der Waals surface area contributed by atoms with E-state index in [-0.39, 0.29) is 18.2 Å². The summed E-state index contributed by atoms with van der Waals surface area (Å²) < 4.78 is 5.09. The van der Waals surface area contributed by atoms with Gasteiger partial charge in [0.15, 0.2) is 0 Å². The van der Waals surface area contributed by atoms with Crippen LogP contribution < -0.4 is 10.1 Å². The third-order valence-corrected chi connectivity index (χ3v) is 3.27. The smallest absolute Gasteiger partial charge is 0.303 e. The molecule has 1 aromatic rings. The predicted molar refractivity (Wildman–Crippen MR) is 80.4 cm³/mol. The van der Waals surface area contributed by atoms with Crippen molar-refractivity contribution in [3.63, 3.8) is 0 Å². The Hall–Kier alpha value is -2.04. The van der Waals surface area contributed by atoms with E-state index in [0.717, 1.165) is 11.3 Å². The fourth-order valence-corrected chi connectivity index (χ4v) is 1.99. The summed E-state index contributed by atoms with van der Waals surface area (Å²) in [5, 5.41) is 11.4. The molecule has 5 heteroatoms. The van der Waals surface area contributed by atoms with Gasteiger partial charge in [0.05, 0.1) is 7.11 Å². The molecule has 21 heavy (non-hydrogen) atoms. The average molecular weight is 293 g/mol. The van der Waals surface area contributed by atoms with Gasteiger partial charge in [-0.1, -0.05) is 19.1 Å². The van der Waals surface area contributed by atoms with E-state index in [4.69, 9.17) is 9.84 Å². The number of hydrogen-bond acceptors (Lipinski definition) is 3. The van der Waals surface area contributed by atoms with Crippen molar-refractivity contribution in [3.05, 3.63) is 29.8 Å². The molecule has 0 aromatic heterocycles. The molecule has 0 saturated carbocycles. The van der Waals surface area contributed by atoms with Gasteiger partial charge in [0.1, 0.15) is 5.75 Å². The molecule has 5 nitrogen and oxygen atoms in total. The lowest BCUT2D eigenvalue weighted by Crippen LogP contribution is -2.31. The molecule has 0 aliphatic heterocycles. The summed E-state index contributed by atoms with van der Waals surface area (Å²) in [6.45, 7) is 2.41. The lowest BCUT2D eigenvalue weighted by atomic mass is 10.0. The second kappa shape index (κ2) is 9.00. The van der Waals surface area contributed by atoms with Gasteiger partial charge in [-0.25, -0.2) is 0 Å². The van der Waals surface area contributed by atoms with Crippen molar-refractivity contribution >= 4 is 11.9 Å². The number of nitrogens with one attached hydrogen (secondary N) is 1. The first-order chi connectivity index (χ1) is 10.0. The molecule has 0 aliphatic rings. The monoisotopic (exact) mass is 293 g/mol. The largest absolute Gasteiger partial charge is 0.497 e. The van der Waals surface area contributed by atoms with E-state index in [2.05, 4.69) is 5.32 Å². The van der Waals surface area contributed by atoms with Crippen molar-refractivity contribution in [3.8, 4) is 5.75 Å². The number of carboxylic acid groups (broad SMARTS) is 1. The number of carbonyl (C=O) groups excluding carboxylic acids is 1. The minimum absolute atomic E-state index is 0.00106. The lowest BCUT2D eigenvalue weighted by molar-refractivity contribution is -0.137. The Morgan fingerprint density at radius 2 is 1.90 bits per heavy atom. The number of carbonyl (C=O) groups is 2. The van der Waals surface area contributed by atoms with Gasteiger partial charge >= 0.3 is 5.97 Å². The zero-order chi connectivity index (χ0) is 15.7. The molecule has 0 saturated heterocycles. The minimum Gasteiger partial charge on any atom is -0.497 e. The molecule has 0 spiro atoms. The first kappa shape index (κ1) is 17.0. The fraction of sp³-hybridized carbons (Fsp3) is 0.500. The summed E-state index contributed by atoms with van der Waals surface area (Å²) in [6, 6.07) is 7.67. The Balaban J connectivity index is 2.28. The number of carboxylic acids is 1. The molecule has 0 aliphatic carbocycles. The predicted octanol–water partition coefficient (Wildman–Crippen LogP) is 2.24. The normalized spacial score (nSPS) is 11.7. The Kier molecular flexibility index (Phi) is 7.29. The highest BCUT2D eigenvalue weighted by molar-refractivity contribution is 5.78. The van der Waals surface area contributed by atoms with Crippen molar-refractivity contribution < 1.29 is 19.4 Å². The molecule has 0 heterocycles. The van der Waals surface area contributed by atoms with Gasteiger partial charge in [0.25, 0.3) is 0 Å². The summed E-state index contributed by atoms with van der Waals surface area (Å²) >= 11 is 0. The van der Waals surface area contributed by atoms with Crippen LogP contribution in [0.25, 0.3) is 0 Å². The van der Waals surface area contributed by atoms with Gasteiger partial charge in [-0.2, -0.15) is 0 Å². The topological polar surface area (TPSA) is 75.6 Å². The SMILES string of the molecule is COc1ccc(CC(C)C(=O)NCCCCC(=O)O)cc1. The number of rotatable bonds is 9. The minimum atomic E-state index is -0.797. The standard InChI is InChI=1S/C16H23NO4/c1-12(11-13-6-8-14(21-2)9-7-13)16(20)17-10-4-3-5-15(18)19/h6-9,12H,3-5,10-11H2,1-2H3,(H,17,20)(H,18,19). The van der Waals surface area contributed by atoms with E-state index >= 15 is 0 Å². The molecule has 116 valence electrons. The average Bonchev–Trinajstić information content (AvgIpc) is 2.47. The van der Waals surface area contributed by atoms with Gasteiger partial charge in [-0.05, 0) is 37.0 Å². The number of benzene rings is 1. The number of hydrogen-bond donors (Lipinski definition) is 2. The number of aliphatic carboxylic acids is 1. The van der Waals surface area contributed by atoms with Crippen molar-refractivity contribution in [1.82, 2.24) is 5.32 Å². The van der Waals surface area contributed by atoms with Gasteiger partial charge in [0.2, 0.25) is 5.91 Å². The molecular formula is C16H23NO4. The molecule has 0 radical (unpaired) electrons. The quantitative estimate of drug-likeness (QED) is 0.685. The van der Waals surface area contributed by atoms with Crippen molar-refractivity contribution in [1.29, 1.82) is 0 Å². The van der Waals surface area contributed by atoms with Crippen LogP contribution in [0.4, 0.5) is 0 Å². The zero-order valence-corrected chi connectivity index (χ0v) is 12.6. The fourth-order valence-electron chi connectivity index (χ4n) is 1.99. The van der Waals surface area contributed by atoms with Crippen molar-refractivity contribution in [2.24, 2.45) is 5.92 Å². The van der Waals surface area contributed by atoms with Crippen LogP contribution in [0.1, 0.15) is 31.7 Å². The van der Waals surface area contributed by atoms with Crippen LogP contribution in [0.2, 0.25) is 0 Å². The highest BCUT2D eigenvalue weighted by Gasteiger charge is 2.13. The van der Waals surface area contributed by atoms with Crippen LogP contribution in [-0.2, 0) is 16.0 Å². The molecule has 1 atom stereocenters. The Labute approximate surface area is 125 Å². The molecule has 1 amide bonds. The summed E-state index contributed by atoms with van der Waals surface area (Å²) in [5.74, 6) is -0.109. The number of methoxy groups -OCH3 is 1. The third kappa shape index (κ3) is 6.79. The van der Waals surface area contributed by atoms with Gasteiger partial charge < -0.3 is 15.2 Å². The number of unbranched alkanes of at least 4 members (excludes halogenated alkanes) is 1. The highest BCUT2D eigenvalue weighted by Crippen LogP contribution is 2.14. The van der Waals surface area contributed by atoms with E-state index < -0.39 is 5.97 Å². The molecule has 0 bridgehead atoms. The van der Waals surface area contributed by atoms with Crippen LogP contribution in [0.3, 0.4) is 0 Å². The van der Waals surface area contributed by atoms with Gasteiger partial charge in [-0.3, -0.25) is 9.59 Å². The van der Waals surface area contributed by atoms with Crippen LogP contribution in [-0.4, -0.2) is 30.6 Å². The van der Waals surface area contributed by atoms with E-state index in [9.17, 15) is 9.59 Å². The number of ether oxygens (including phenoxy) is 1. The molecule has 2 N–H and O–H groups in total. The highest BCUT2D eigenvalue weighted by atomic mass is 16.5. The lowest BCUT2D eigenvalue weighted by Gasteiger charge is -2.12. The number of amides is 1.